The van der Waals surface area contributed by atoms with E-state index < -0.39 is 11.4 Å². The molecule has 108 valence electrons. The van der Waals surface area contributed by atoms with Gasteiger partial charge in [0.1, 0.15) is 17.1 Å². The molecule has 0 bridgehead atoms. The van der Waals surface area contributed by atoms with Gasteiger partial charge >= 0.3 is 0 Å². The monoisotopic (exact) mass is 295 g/mol. The number of hydrogen-bond acceptors (Lipinski definition) is 3. The molecule has 0 fully saturated rings. The van der Waals surface area contributed by atoms with Gasteiger partial charge in [-0.1, -0.05) is 0 Å². The Labute approximate surface area is 122 Å². The van der Waals surface area contributed by atoms with Crippen LogP contribution in [-0.4, -0.2) is 22.6 Å². The van der Waals surface area contributed by atoms with Gasteiger partial charge in [0.15, 0.2) is 0 Å². The second-order valence-electron chi connectivity index (χ2n) is 5.20. The van der Waals surface area contributed by atoms with Gasteiger partial charge in [-0.15, -0.1) is 11.6 Å². The fourth-order valence-corrected chi connectivity index (χ4v) is 2.32. The maximum atomic E-state index is 11.8. The number of alkyl halides is 1. The standard InChI is InChI=1S/C14H18ClN3O2/c1-8(15)12-17-10-7-9(20-4)5-6-11(10)18(12)14(2,3)13(16)19/h5-8H,1-4H3,(H2,16,19). The number of amides is 1. The lowest BCUT2D eigenvalue weighted by molar-refractivity contribution is -0.125. The fraction of sp³-hybridized carbons (Fsp3) is 0.429. The molecule has 2 rings (SSSR count). The van der Waals surface area contributed by atoms with Crippen LogP contribution in [0.15, 0.2) is 18.2 Å². The summed E-state index contributed by atoms with van der Waals surface area (Å²) >= 11 is 6.20. The third kappa shape index (κ3) is 2.22. The maximum Gasteiger partial charge on any atom is 0.243 e. The quantitative estimate of drug-likeness (QED) is 0.881. The van der Waals surface area contributed by atoms with Crippen molar-refractivity contribution >= 4 is 28.5 Å². The number of imidazole rings is 1. The smallest absolute Gasteiger partial charge is 0.243 e. The fourth-order valence-electron chi connectivity index (χ4n) is 2.17. The number of nitrogens with zero attached hydrogens (tertiary/aromatic N) is 2. The number of carbonyl (C=O) groups excluding carboxylic acids is 1. The second-order valence-corrected chi connectivity index (χ2v) is 5.85. The minimum atomic E-state index is -0.915. The van der Waals surface area contributed by atoms with Crippen molar-refractivity contribution in [3.8, 4) is 5.75 Å². The summed E-state index contributed by atoms with van der Waals surface area (Å²) in [5.41, 5.74) is 6.13. The number of primary amides is 1. The summed E-state index contributed by atoms with van der Waals surface area (Å²) in [6.07, 6.45) is 0. The molecule has 1 heterocycles. The number of nitrogens with two attached hydrogens (primary N) is 1. The zero-order chi connectivity index (χ0) is 15.1. The minimum Gasteiger partial charge on any atom is -0.497 e. The van der Waals surface area contributed by atoms with Crippen LogP contribution in [0.2, 0.25) is 0 Å². The van der Waals surface area contributed by atoms with Crippen LogP contribution in [0, 0.1) is 0 Å². The number of halogens is 1. The number of methoxy groups -OCH3 is 1. The second kappa shape index (κ2) is 4.98. The predicted octanol–water partition coefficient (Wildman–Crippen LogP) is 2.57. The molecule has 6 heteroatoms. The first kappa shape index (κ1) is 14.7. The van der Waals surface area contributed by atoms with E-state index in [0.29, 0.717) is 11.6 Å². The average Bonchev–Trinajstić information content (AvgIpc) is 2.77. The van der Waals surface area contributed by atoms with Crippen molar-refractivity contribution in [3.63, 3.8) is 0 Å². The first-order chi connectivity index (χ1) is 9.28. The zero-order valence-corrected chi connectivity index (χ0v) is 12.7. The summed E-state index contributed by atoms with van der Waals surface area (Å²) in [5.74, 6) is 0.873. The van der Waals surface area contributed by atoms with Gasteiger partial charge < -0.3 is 15.0 Å². The molecule has 0 aliphatic heterocycles. The van der Waals surface area contributed by atoms with Crippen molar-refractivity contribution in [3.05, 3.63) is 24.0 Å². The summed E-state index contributed by atoms with van der Waals surface area (Å²) in [7, 11) is 1.59. The lowest BCUT2D eigenvalue weighted by Crippen LogP contribution is -2.42. The van der Waals surface area contributed by atoms with Crippen LogP contribution < -0.4 is 10.5 Å². The third-order valence-corrected chi connectivity index (χ3v) is 3.60. The third-order valence-electron chi connectivity index (χ3n) is 3.41. The molecule has 1 amide bonds. The van der Waals surface area contributed by atoms with E-state index in [1.165, 1.54) is 0 Å². The van der Waals surface area contributed by atoms with Crippen molar-refractivity contribution in [1.82, 2.24) is 9.55 Å². The number of fused-ring (bicyclic) bond motifs is 1. The van der Waals surface area contributed by atoms with Gasteiger partial charge in [-0.2, -0.15) is 0 Å². The Morgan fingerprint density at radius 3 is 2.65 bits per heavy atom. The van der Waals surface area contributed by atoms with Crippen molar-refractivity contribution in [2.24, 2.45) is 5.73 Å². The van der Waals surface area contributed by atoms with Gasteiger partial charge in [-0.3, -0.25) is 4.79 Å². The van der Waals surface area contributed by atoms with Gasteiger partial charge in [-0.25, -0.2) is 4.98 Å². The number of benzene rings is 1. The highest BCUT2D eigenvalue weighted by Gasteiger charge is 2.32. The van der Waals surface area contributed by atoms with Crippen LogP contribution in [0.5, 0.6) is 5.75 Å². The topological polar surface area (TPSA) is 70.1 Å². The summed E-state index contributed by atoms with van der Waals surface area (Å²) in [4.78, 5) is 16.3. The zero-order valence-electron chi connectivity index (χ0n) is 12.0. The molecule has 0 aliphatic rings. The van der Waals surface area contributed by atoms with Crippen LogP contribution in [0.1, 0.15) is 32.0 Å². The molecule has 1 unspecified atom stereocenters. The Morgan fingerprint density at radius 1 is 1.50 bits per heavy atom. The molecule has 20 heavy (non-hydrogen) atoms. The van der Waals surface area contributed by atoms with E-state index in [2.05, 4.69) is 4.98 Å². The van der Waals surface area contributed by atoms with Crippen molar-refractivity contribution in [1.29, 1.82) is 0 Å². The average molecular weight is 296 g/mol. The SMILES string of the molecule is COc1ccc2c(c1)nc(C(C)Cl)n2C(C)(C)C(N)=O. The Bertz CT molecular complexity index is 662. The number of ether oxygens (including phenoxy) is 1. The molecule has 1 aromatic heterocycles. The molecule has 2 N–H and O–H groups in total. The first-order valence-electron chi connectivity index (χ1n) is 6.30. The van der Waals surface area contributed by atoms with Gasteiger partial charge in [0.2, 0.25) is 5.91 Å². The molecular formula is C14H18ClN3O2. The molecule has 5 nitrogen and oxygen atoms in total. The van der Waals surface area contributed by atoms with Crippen molar-refractivity contribution in [2.75, 3.05) is 7.11 Å². The Morgan fingerprint density at radius 2 is 2.15 bits per heavy atom. The van der Waals surface area contributed by atoms with Gasteiger partial charge in [0.05, 0.1) is 23.5 Å². The van der Waals surface area contributed by atoms with Gasteiger partial charge in [0.25, 0.3) is 0 Å². The van der Waals surface area contributed by atoms with Crippen LogP contribution in [0.4, 0.5) is 0 Å². The van der Waals surface area contributed by atoms with Crippen LogP contribution >= 0.6 is 11.6 Å². The molecular weight excluding hydrogens is 278 g/mol. The number of hydrogen-bond donors (Lipinski definition) is 1. The van der Waals surface area contributed by atoms with Crippen molar-refractivity contribution in [2.45, 2.75) is 31.7 Å². The predicted molar refractivity (Wildman–Crippen MR) is 79.1 cm³/mol. The highest BCUT2D eigenvalue weighted by atomic mass is 35.5. The lowest BCUT2D eigenvalue weighted by atomic mass is 10.0. The number of rotatable bonds is 4. The number of carbonyl (C=O) groups is 1. The van der Waals surface area contributed by atoms with E-state index in [1.54, 1.807) is 25.5 Å². The Balaban J connectivity index is 2.79. The molecule has 0 aliphatic carbocycles. The normalized spacial score (nSPS) is 13.4. The van der Waals surface area contributed by atoms with Gasteiger partial charge in [0, 0.05) is 6.07 Å². The van der Waals surface area contributed by atoms with E-state index in [4.69, 9.17) is 22.1 Å². The van der Waals surface area contributed by atoms with Crippen LogP contribution in [0.3, 0.4) is 0 Å². The Kier molecular flexibility index (Phi) is 3.65. The van der Waals surface area contributed by atoms with E-state index in [9.17, 15) is 4.79 Å². The largest absolute Gasteiger partial charge is 0.497 e. The highest BCUT2D eigenvalue weighted by molar-refractivity contribution is 6.20. The highest BCUT2D eigenvalue weighted by Crippen LogP contribution is 2.32. The Hall–Kier alpha value is -1.75. The van der Waals surface area contributed by atoms with E-state index >= 15 is 0 Å². The van der Waals surface area contributed by atoms with Crippen molar-refractivity contribution < 1.29 is 9.53 Å². The summed E-state index contributed by atoms with van der Waals surface area (Å²) in [6, 6.07) is 5.49. The summed E-state index contributed by atoms with van der Waals surface area (Å²) in [6.45, 7) is 5.32. The van der Waals surface area contributed by atoms with E-state index in [0.717, 1.165) is 11.0 Å². The lowest BCUT2D eigenvalue weighted by Gasteiger charge is -2.26. The van der Waals surface area contributed by atoms with Crippen LogP contribution in [-0.2, 0) is 10.3 Å². The minimum absolute atomic E-state index is 0.341. The number of aromatic nitrogens is 2. The molecule has 0 saturated carbocycles. The summed E-state index contributed by atoms with van der Waals surface area (Å²) in [5, 5.41) is -0.341. The molecule has 0 saturated heterocycles. The van der Waals surface area contributed by atoms with Crippen LogP contribution in [0.25, 0.3) is 11.0 Å². The first-order valence-corrected chi connectivity index (χ1v) is 6.73. The molecule has 1 aromatic carbocycles. The molecule has 0 spiro atoms. The molecule has 0 radical (unpaired) electrons. The van der Waals surface area contributed by atoms with Gasteiger partial charge in [-0.05, 0) is 32.9 Å². The molecule has 2 aromatic rings. The van der Waals surface area contributed by atoms with E-state index in [-0.39, 0.29) is 5.38 Å². The van der Waals surface area contributed by atoms with E-state index in [1.807, 2.05) is 25.1 Å². The molecule has 1 atom stereocenters. The maximum absolute atomic E-state index is 11.8. The summed E-state index contributed by atoms with van der Waals surface area (Å²) < 4.78 is 6.98.